The minimum absolute atomic E-state index is 0. The summed E-state index contributed by atoms with van der Waals surface area (Å²) in [6.45, 7) is 8.68. The van der Waals surface area contributed by atoms with E-state index < -0.39 is 0 Å². The monoisotopic (exact) mass is 566 g/mol. The van der Waals surface area contributed by atoms with Crippen molar-refractivity contribution in [3.05, 3.63) is 59.8 Å². The summed E-state index contributed by atoms with van der Waals surface area (Å²) in [6, 6.07) is 8.66. The first-order chi connectivity index (χ1) is 17.8. The molecule has 0 atom stereocenters. The third-order valence-electron chi connectivity index (χ3n) is 6.94. The van der Waals surface area contributed by atoms with Gasteiger partial charge in [-0.15, -0.1) is 24.8 Å². The van der Waals surface area contributed by atoms with Gasteiger partial charge in [-0.3, -0.25) is 9.98 Å². The Kier molecular flexibility index (Phi) is 24.7. The summed E-state index contributed by atoms with van der Waals surface area (Å²) in [7, 11) is 0. The fourth-order valence-corrected chi connectivity index (χ4v) is 4.55. The Labute approximate surface area is 245 Å². The molecule has 0 amide bonds. The molecule has 0 saturated carbocycles. The Hall–Kier alpha value is -1.52. The highest BCUT2D eigenvalue weighted by atomic mass is 35.5. The molecule has 0 bridgehead atoms. The van der Waals surface area contributed by atoms with Gasteiger partial charge in [-0.25, -0.2) is 0 Å². The van der Waals surface area contributed by atoms with Crippen LogP contribution in [0.15, 0.2) is 59.0 Å². The van der Waals surface area contributed by atoms with E-state index in [9.17, 15) is 0 Å². The first kappa shape index (κ1) is 36.5. The van der Waals surface area contributed by atoms with Crippen LogP contribution in [0.2, 0.25) is 0 Å². The quantitative estimate of drug-likeness (QED) is 0.135. The summed E-state index contributed by atoms with van der Waals surface area (Å²) < 4.78 is 4.61. The molecule has 38 heavy (non-hydrogen) atoms. The fraction of sp³-hybridized carbons (Fsp3) is 0.688. The molecule has 0 aliphatic carbocycles. The lowest BCUT2D eigenvalue weighted by atomic mass is 10.1. The van der Waals surface area contributed by atoms with Gasteiger partial charge in [0.15, 0.2) is 0 Å². The van der Waals surface area contributed by atoms with Gasteiger partial charge in [-0.2, -0.15) is 0 Å². The van der Waals surface area contributed by atoms with E-state index in [2.05, 4.69) is 77.0 Å². The van der Waals surface area contributed by atoms with Crippen LogP contribution in [-0.4, -0.2) is 22.2 Å². The Morgan fingerprint density at radius 1 is 0.447 bits per heavy atom. The summed E-state index contributed by atoms with van der Waals surface area (Å²) in [6.07, 6.45) is 29.7. The predicted molar refractivity (Wildman–Crippen MR) is 169 cm³/mol. The van der Waals surface area contributed by atoms with Crippen molar-refractivity contribution in [2.45, 2.75) is 130 Å². The highest BCUT2D eigenvalue weighted by Crippen LogP contribution is 2.09. The van der Waals surface area contributed by atoms with Crippen LogP contribution >= 0.6 is 24.8 Å². The second kappa shape index (κ2) is 25.7. The van der Waals surface area contributed by atoms with E-state index in [1.807, 2.05) is 0 Å². The second-order valence-corrected chi connectivity index (χ2v) is 10.3. The van der Waals surface area contributed by atoms with Crippen LogP contribution in [0, 0.1) is 0 Å². The number of hydrogen-bond donors (Lipinski definition) is 0. The van der Waals surface area contributed by atoms with Gasteiger partial charge in [0.1, 0.15) is 0 Å². The second-order valence-electron chi connectivity index (χ2n) is 10.3. The van der Waals surface area contributed by atoms with Crippen LogP contribution in [0.25, 0.3) is 0 Å². The molecule has 0 N–H and O–H groups in total. The van der Waals surface area contributed by atoms with E-state index in [1.165, 1.54) is 103 Å². The molecular formula is C32H56Cl2N4. The highest BCUT2D eigenvalue weighted by Gasteiger charge is 1.95. The molecule has 6 heteroatoms. The number of aryl methyl sites for hydroxylation is 2. The lowest BCUT2D eigenvalue weighted by Crippen LogP contribution is -2.07. The summed E-state index contributed by atoms with van der Waals surface area (Å²) in [5, 5.41) is 2.25. The van der Waals surface area contributed by atoms with Crippen LogP contribution in [0.5, 0.6) is 0 Å². The topological polar surface area (TPSA) is 34.6 Å². The average Bonchev–Trinajstić information content (AvgIpc) is 2.91. The first-order valence-corrected chi connectivity index (χ1v) is 15.1. The van der Waals surface area contributed by atoms with Crippen molar-refractivity contribution in [1.82, 2.24) is 9.13 Å². The van der Waals surface area contributed by atoms with Gasteiger partial charge < -0.3 is 9.13 Å². The molecule has 0 aliphatic rings. The van der Waals surface area contributed by atoms with Crippen molar-refractivity contribution in [2.75, 3.05) is 13.1 Å². The van der Waals surface area contributed by atoms with E-state index in [1.54, 1.807) is 0 Å². The molecule has 0 fully saturated rings. The van der Waals surface area contributed by atoms with Crippen LogP contribution in [-0.2, 0) is 13.1 Å². The molecule has 2 heterocycles. The number of halogens is 2. The van der Waals surface area contributed by atoms with Gasteiger partial charge >= 0.3 is 0 Å². The third-order valence-corrected chi connectivity index (χ3v) is 6.94. The van der Waals surface area contributed by atoms with Crippen molar-refractivity contribution >= 4 is 24.8 Å². The van der Waals surface area contributed by atoms with E-state index >= 15 is 0 Å². The van der Waals surface area contributed by atoms with Crippen molar-refractivity contribution in [3.63, 3.8) is 0 Å². The van der Waals surface area contributed by atoms with Gasteiger partial charge in [-0.05, 0) is 49.9 Å². The molecule has 0 radical (unpaired) electrons. The van der Waals surface area contributed by atoms with E-state index in [4.69, 9.17) is 4.99 Å². The summed E-state index contributed by atoms with van der Waals surface area (Å²) in [5.41, 5.74) is 0. The summed E-state index contributed by atoms with van der Waals surface area (Å²) >= 11 is 0. The van der Waals surface area contributed by atoms with E-state index in [0.717, 1.165) is 36.9 Å². The average molecular weight is 568 g/mol. The van der Waals surface area contributed by atoms with Crippen molar-refractivity contribution in [1.29, 1.82) is 0 Å². The molecule has 2 aromatic heterocycles. The van der Waals surface area contributed by atoms with Crippen molar-refractivity contribution < 1.29 is 0 Å². The van der Waals surface area contributed by atoms with Crippen molar-refractivity contribution in [2.24, 2.45) is 9.98 Å². The van der Waals surface area contributed by atoms with Gasteiger partial charge in [0, 0.05) is 51.0 Å². The number of pyridine rings is 2. The zero-order valence-corrected chi connectivity index (χ0v) is 26.0. The Balaban J connectivity index is 0.00000684. The minimum atomic E-state index is 0. The standard InChI is InChI=1S/C32H54N4.2ClH/c1-3-5-7-12-16-24-34-32-21-29-36(30-22-32)26-18-14-11-9-10-13-17-25-35-27-19-31(20-28-35)33-23-15-8-6-4-2;;/h19-22,27-30H,3-18,23-26H2,1-2H3;2*1H. The SMILES string of the molecule is CCCCCCCN=c1ccn(CCCCCCCCCn2ccc(=NCCCCCC)cc2)cc1.Cl.Cl. The van der Waals surface area contributed by atoms with Crippen molar-refractivity contribution in [3.8, 4) is 0 Å². The maximum absolute atomic E-state index is 4.71. The molecule has 4 nitrogen and oxygen atoms in total. The minimum Gasteiger partial charge on any atom is -0.354 e. The Morgan fingerprint density at radius 3 is 1.16 bits per heavy atom. The van der Waals surface area contributed by atoms with Gasteiger partial charge in [0.25, 0.3) is 0 Å². The molecule has 0 aliphatic heterocycles. The number of nitrogens with zero attached hydrogens (tertiary/aromatic N) is 4. The molecule has 0 spiro atoms. The molecule has 0 aromatic carbocycles. The molecule has 2 rings (SSSR count). The molecule has 0 unspecified atom stereocenters. The Morgan fingerprint density at radius 2 is 0.763 bits per heavy atom. The molecule has 218 valence electrons. The van der Waals surface area contributed by atoms with Gasteiger partial charge in [0.05, 0.1) is 10.7 Å². The van der Waals surface area contributed by atoms with Crippen LogP contribution in [0.1, 0.15) is 117 Å². The largest absolute Gasteiger partial charge is 0.354 e. The smallest absolute Gasteiger partial charge is 0.0603 e. The predicted octanol–water partition coefficient (Wildman–Crippen LogP) is 8.92. The van der Waals surface area contributed by atoms with Crippen LogP contribution in [0.3, 0.4) is 0 Å². The van der Waals surface area contributed by atoms with Gasteiger partial charge in [0.2, 0.25) is 0 Å². The lowest BCUT2D eigenvalue weighted by Gasteiger charge is -2.07. The maximum Gasteiger partial charge on any atom is 0.0603 e. The fourth-order valence-electron chi connectivity index (χ4n) is 4.55. The van der Waals surface area contributed by atoms with Gasteiger partial charge in [-0.1, -0.05) is 90.9 Å². The lowest BCUT2D eigenvalue weighted by molar-refractivity contribution is 0.527. The van der Waals surface area contributed by atoms with Crippen LogP contribution < -0.4 is 10.7 Å². The number of hydrogen-bond acceptors (Lipinski definition) is 2. The summed E-state index contributed by atoms with van der Waals surface area (Å²) in [4.78, 5) is 9.40. The molecule has 0 saturated heterocycles. The van der Waals surface area contributed by atoms with Crippen LogP contribution in [0.4, 0.5) is 0 Å². The zero-order valence-electron chi connectivity index (χ0n) is 24.4. The number of rotatable bonds is 21. The maximum atomic E-state index is 4.71. The molecule has 2 aromatic rings. The zero-order chi connectivity index (χ0) is 25.5. The molecular weight excluding hydrogens is 511 g/mol. The Bertz CT molecular complexity index is 879. The normalized spacial score (nSPS) is 10.5. The first-order valence-electron chi connectivity index (χ1n) is 15.1. The third kappa shape index (κ3) is 18.7. The van der Waals surface area contributed by atoms with E-state index in [-0.39, 0.29) is 24.8 Å². The summed E-state index contributed by atoms with van der Waals surface area (Å²) in [5.74, 6) is 0. The number of unbranched alkanes of at least 4 members (excludes halogenated alkanes) is 13. The highest BCUT2D eigenvalue weighted by molar-refractivity contribution is 5.85. The van der Waals surface area contributed by atoms with E-state index in [0.29, 0.717) is 0 Å². The number of aromatic nitrogens is 2.